The highest BCUT2D eigenvalue weighted by atomic mass is 32.1. The highest BCUT2D eigenvalue weighted by Gasteiger charge is 2.34. The maximum Gasteiger partial charge on any atom is 0.112 e. The molecule has 2 heterocycles. The molecule has 17 heavy (non-hydrogen) atoms. The SMILES string of the molecule is CCNC1CCCN(C(C)(C)c2nccs2)C1. The van der Waals surface area contributed by atoms with Crippen LogP contribution in [0, 0.1) is 0 Å². The Bertz CT molecular complexity index is 332. The Morgan fingerprint density at radius 1 is 1.59 bits per heavy atom. The fraction of sp³-hybridized carbons (Fsp3) is 0.769. The van der Waals surface area contributed by atoms with Gasteiger partial charge in [-0.25, -0.2) is 4.98 Å². The van der Waals surface area contributed by atoms with Gasteiger partial charge in [-0.3, -0.25) is 4.90 Å². The van der Waals surface area contributed by atoms with E-state index in [1.807, 2.05) is 6.20 Å². The molecule has 1 fully saturated rings. The molecular formula is C13H23N3S. The Labute approximate surface area is 108 Å². The molecule has 0 amide bonds. The molecule has 1 aromatic heterocycles. The highest BCUT2D eigenvalue weighted by molar-refractivity contribution is 7.09. The molecule has 2 rings (SSSR count). The Morgan fingerprint density at radius 2 is 2.41 bits per heavy atom. The standard InChI is InChI=1S/C13H23N3S/c1-4-14-11-6-5-8-16(10-11)13(2,3)12-15-7-9-17-12/h7,9,11,14H,4-6,8,10H2,1-3H3. The number of likely N-dealkylation sites (tertiary alicyclic amines) is 1. The van der Waals surface area contributed by atoms with Crippen LogP contribution in [0.15, 0.2) is 11.6 Å². The summed E-state index contributed by atoms with van der Waals surface area (Å²) in [5.41, 5.74) is 0.0717. The average molecular weight is 253 g/mol. The second-order valence-corrected chi connectivity index (χ2v) is 6.13. The van der Waals surface area contributed by atoms with Crippen LogP contribution in [-0.4, -0.2) is 35.6 Å². The minimum Gasteiger partial charge on any atom is -0.313 e. The fourth-order valence-electron chi connectivity index (χ4n) is 2.60. The van der Waals surface area contributed by atoms with Gasteiger partial charge in [-0.2, -0.15) is 0 Å². The van der Waals surface area contributed by atoms with Crippen molar-refractivity contribution in [3.8, 4) is 0 Å². The molecule has 0 spiro atoms. The van der Waals surface area contributed by atoms with Crippen molar-refractivity contribution in [1.29, 1.82) is 0 Å². The van der Waals surface area contributed by atoms with Gasteiger partial charge in [0.2, 0.25) is 0 Å². The maximum atomic E-state index is 4.49. The van der Waals surface area contributed by atoms with Gasteiger partial charge in [0.05, 0.1) is 5.54 Å². The molecule has 0 bridgehead atoms. The summed E-state index contributed by atoms with van der Waals surface area (Å²) in [5, 5.41) is 6.88. The number of likely N-dealkylation sites (N-methyl/N-ethyl adjacent to an activating group) is 1. The Morgan fingerprint density at radius 3 is 3.06 bits per heavy atom. The van der Waals surface area contributed by atoms with Crippen molar-refractivity contribution in [2.24, 2.45) is 0 Å². The summed E-state index contributed by atoms with van der Waals surface area (Å²) in [6.45, 7) is 10.2. The lowest BCUT2D eigenvalue weighted by Gasteiger charge is -2.42. The van der Waals surface area contributed by atoms with E-state index in [9.17, 15) is 0 Å². The molecule has 3 nitrogen and oxygen atoms in total. The van der Waals surface area contributed by atoms with Crippen LogP contribution < -0.4 is 5.32 Å². The van der Waals surface area contributed by atoms with Crippen molar-refractivity contribution in [3.05, 3.63) is 16.6 Å². The quantitative estimate of drug-likeness (QED) is 0.893. The summed E-state index contributed by atoms with van der Waals surface area (Å²) < 4.78 is 0. The summed E-state index contributed by atoms with van der Waals surface area (Å²) in [5.74, 6) is 0. The molecule has 1 aliphatic heterocycles. The van der Waals surface area contributed by atoms with Crippen LogP contribution in [0.4, 0.5) is 0 Å². The normalized spacial score (nSPS) is 22.9. The molecule has 0 aliphatic carbocycles. The monoisotopic (exact) mass is 253 g/mol. The number of aromatic nitrogens is 1. The second-order valence-electron chi connectivity index (χ2n) is 5.24. The van der Waals surface area contributed by atoms with Gasteiger partial charge >= 0.3 is 0 Å². The van der Waals surface area contributed by atoms with Gasteiger partial charge in [-0.15, -0.1) is 11.3 Å². The second kappa shape index (κ2) is 5.46. The lowest BCUT2D eigenvalue weighted by Crippen LogP contribution is -2.52. The van der Waals surface area contributed by atoms with Crippen molar-refractivity contribution in [2.75, 3.05) is 19.6 Å². The number of rotatable bonds is 4. The van der Waals surface area contributed by atoms with E-state index in [0.717, 1.165) is 13.1 Å². The van der Waals surface area contributed by atoms with E-state index < -0.39 is 0 Å². The summed E-state index contributed by atoms with van der Waals surface area (Å²) in [6.07, 6.45) is 4.50. The lowest BCUT2D eigenvalue weighted by molar-refractivity contribution is 0.0763. The van der Waals surface area contributed by atoms with Crippen molar-refractivity contribution in [3.63, 3.8) is 0 Å². The van der Waals surface area contributed by atoms with Gasteiger partial charge in [0.25, 0.3) is 0 Å². The molecule has 1 aliphatic rings. The zero-order valence-electron chi connectivity index (χ0n) is 11.1. The number of piperidine rings is 1. The highest BCUT2D eigenvalue weighted by Crippen LogP contribution is 2.31. The van der Waals surface area contributed by atoms with Crippen LogP contribution in [0.2, 0.25) is 0 Å². The van der Waals surface area contributed by atoms with Gasteiger partial charge < -0.3 is 5.32 Å². The number of hydrogen-bond acceptors (Lipinski definition) is 4. The summed E-state index contributed by atoms with van der Waals surface area (Å²) >= 11 is 1.76. The van der Waals surface area contributed by atoms with Crippen LogP contribution >= 0.6 is 11.3 Å². The molecule has 1 unspecified atom stereocenters. The molecule has 1 atom stereocenters. The lowest BCUT2D eigenvalue weighted by atomic mass is 9.97. The van der Waals surface area contributed by atoms with Crippen LogP contribution in [0.1, 0.15) is 38.6 Å². The van der Waals surface area contributed by atoms with E-state index in [-0.39, 0.29) is 5.54 Å². The molecule has 1 N–H and O–H groups in total. The van der Waals surface area contributed by atoms with Gasteiger partial charge in [0.1, 0.15) is 5.01 Å². The number of thiazole rings is 1. The zero-order chi connectivity index (χ0) is 12.3. The molecule has 0 aromatic carbocycles. The maximum absolute atomic E-state index is 4.49. The zero-order valence-corrected chi connectivity index (χ0v) is 11.9. The van der Waals surface area contributed by atoms with Crippen molar-refractivity contribution >= 4 is 11.3 Å². The van der Waals surface area contributed by atoms with Gasteiger partial charge in [-0.1, -0.05) is 6.92 Å². The first-order chi connectivity index (χ1) is 8.14. The van der Waals surface area contributed by atoms with Crippen molar-refractivity contribution < 1.29 is 0 Å². The average Bonchev–Trinajstić information content (AvgIpc) is 2.84. The number of nitrogens with zero attached hydrogens (tertiary/aromatic N) is 2. The minimum atomic E-state index is 0.0717. The third-order valence-electron chi connectivity index (χ3n) is 3.66. The smallest absolute Gasteiger partial charge is 0.112 e. The number of hydrogen-bond donors (Lipinski definition) is 1. The van der Waals surface area contributed by atoms with Crippen LogP contribution in [0.25, 0.3) is 0 Å². The summed E-state index contributed by atoms with van der Waals surface area (Å²) in [4.78, 5) is 7.06. The molecular weight excluding hydrogens is 230 g/mol. The van der Waals surface area contributed by atoms with E-state index in [1.54, 1.807) is 11.3 Å². The van der Waals surface area contributed by atoms with Gasteiger partial charge in [-0.05, 0) is 39.8 Å². The topological polar surface area (TPSA) is 28.2 Å². The van der Waals surface area contributed by atoms with Crippen LogP contribution in [0.5, 0.6) is 0 Å². The third kappa shape index (κ3) is 2.87. The molecule has 4 heteroatoms. The van der Waals surface area contributed by atoms with E-state index in [1.165, 1.54) is 24.4 Å². The first-order valence-electron chi connectivity index (χ1n) is 6.53. The largest absolute Gasteiger partial charge is 0.313 e. The molecule has 1 saturated heterocycles. The van der Waals surface area contributed by atoms with Gasteiger partial charge in [0.15, 0.2) is 0 Å². The van der Waals surface area contributed by atoms with E-state index >= 15 is 0 Å². The molecule has 96 valence electrons. The first-order valence-corrected chi connectivity index (χ1v) is 7.41. The van der Waals surface area contributed by atoms with Crippen molar-refractivity contribution in [1.82, 2.24) is 15.2 Å². The number of nitrogens with one attached hydrogen (secondary N) is 1. The fourth-order valence-corrected chi connectivity index (χ4v) is 3.39. The van der Waals surface area contributed by atoms with Gasteiger partial charge in [0, 0.05) is 24.2 Å². The molecule has 1 aromatic rings. The van der Waals surface area contributed by atoms with E-state index in [2.05, 4.69) is 41.4 Å². The Kier molecular flexibility index (Phi) is 4.17. The molecule has 0 radical (unpaired) electrons. The minimum absolute atomic E-state index is 0.0717. The molecule has 0 saturated carbocycles. The third-order valence-corrected chi connectivity index (χ3v) is 4.75. The predicted molar refractivity (Wildman–Crippen MR) is 73.4 cm³/mol. The van der Waals surface area contributed by atoms with E-state index in [4.69, 9.17) is 0 Å². The Balaban J connectivity index is 2.06. The summed E-state index contributed by atoms with van der Waals surface area (Å²) in [6, 6.07) is 0.646. The van der Waals surface area contributed by atoms with Crippen molar-refractivity contribution in [2.45, 2.75) is 45.2 Å². The first kappa shape index (κ1) is 13.0. The van der Waals surface area contributed by atoms with Crippen LogP contribution in [-0.2, 0) is 5.54 Å². The van der Waals surface area contributed by atoms with E-state index in [0.29, 0.717) is 6.04 Å². The predicted octanol–water partition coefficient (Wildman–Crippen LogP) is 2.45. The summed E-state index contributed by atoms with van der Waals surface area (Å²) in [7, 11) is 0. The van der Waals surface area contributed by atoms with Crippen LogP contribution in [0.3, 0.4) is 0 Å². The Hall–Kier alpha value is -0.450.